The van der Waals surface area contributed by atoms with Crippen LogP contribution in [0.4, 0.5) is 13.2 Å². The zero-order valence-corrected chi connectivity index (χ0v) is 12.2. The molecular weight excluding hydrogens is 333 g/mol. The Hall–Kier alpha value is -1.40. The van der Waals surface area contributed by atoms with E-state index in [1.165, 1.54) is 12.3 Å². The summed E-state index contributed by atoms with van der Waals surface area (Å²) in [6.07, 6.45) is -2.95. The number of hydrogen-bond donors (Lipinski definition) is 1. The number of aromatic nitrogens is 1. The number of rotatable bonds is 2. The van der Waals surface area contributed by atoms with E-state index in [0.717, 1.165) is 11.8 Å². The second-order valence-corrected chi connectivity index (χ2v) is 5.36. The summed E-state index contributed by atoms with van der Waals surface area (Å²) in [6, 6.07) is 6.52. The minimum Gasteiger partial charge on any atom is -0.320 e. The highest BCUT2D eigenvalue weighted by atomic mass is 79.9. The molecule has 2 aromatic rings. The van der Waals surface area contributed by atoms with E-state index in [4.69, 9.17) is 5.73 Å². The maximum absolute atomic E-state index is 13.1. The first-order valence-corrected chi connectivity index (χ1v) is 6.63. The Morgan fingerprint density at radius 2 is 1.90 bits per heavy atom. The van der Waals surface area contributed by atoms with Gasteiger partial charge in [0.05, 0.1) is 11.6 Å². The normalized spacial score (nSPS) is 13.3. The lowest BCUT2D eigenvalue weighted by molar-refractivity contribution is -0.138. The molecule has 0 spiro atoms. The summed E-state index contributed by atoms with van der Waals surface area (Å²) in [5, 5.41) is 0. The fourth-order valence-electron chi connectivity index (χ4n) is 1.89. The van der Waals surface area contributed by atoms with Crippen molar-refractivity contribution in [2.75, 3.05) is 0 Å². The molecule has 0 radical (unpaired) electrons. The van der Waals surface area contributed by atoms with E-state index in [1.54, 1.807) is 25.1 Å². The molecule has 0 aliphatic heterocycles. The first-order valence-electron chi connectivity index (χ1n) is 5.84. The Labute approximate surface area is 123 Å². The van der Waals surface area contributed by atoms with Gasteiger partial charge in [-0.1, -0.05) is 28.1 Å². The van der Waals surface area contributed by atoms with Crippen LogP contribution < -0.4 is 5.73 Å². The molecule has 0 amide bonds. The van der Waals surface area contributed by atoms with Crippen LogP contribution in [0.25, 0.3) is 0 Å². The summed E-state index contributed by atoms with van der Waals surface area (Å²) in [6.45, 7) is 1.80. The van der Waals surface area contributed by atoms with Gasteiger partial charge in [-0.05, 0) is 36.2 Å². The van der Waals surface area contributed by atoms with Gasteiger partial charge in [0.15, 0.2) is 0 Å². The second kappa shape index (κ2) is 5.54. The standard InChI is InChI=1S/C14H12BrF3N2/c1-8-2-3-9(7-20-8)13(19)11-5-4-10(15)6-12(11)14(16,17)18/h2-7,13H,19H2,1H3. The predicted molar refractivity (Wildman–Crippen MR) is 74.1 cm³/mol. The largest absolute Gasteiger partial charge is 0.416 e. The van der Waals surface area contributed by atoms with Crippen LogP contribution in [0, 0.1) is 6.92 Å². The first kappa shape index (κ1) is 15.0. The Bertz CT molecular complexity index is 609. The molecule has 2 N–H and O–H groups in total. The lowest BCUT2D eigenvalue weighted by atomic mass is 9.96. The number of nitrogens with zero attached hydrogens (tertiary/aromatic N) is 1. The smallest absolute Gasteiger partial charge is 0.320 e. The molecule has 0 aliphatic rings. The number of halogens is 4. The third-order valence-corrected chi connectivity index (χ3v) is 3.44. The van der Waals surface area contributed by atoms with Gasteiger partial charge in [-0.25, -0.2) is 0 Å². The van der Waals surface area contributed by atoms with Crippen LogP contribution >= 0.6 is 15.9 Å². The van der Waals surface area contributed by atoms with E-state index < -0.39 is 17.8 Å². The minimum atomic E-state index is -4.45. The van der Waals surface area contributed by atoms with Crippen LogP contribution in [0.2, 0.25) is 0 Å². The lowest BCUT2D eigenvalue weighted by Gasteiger charge is -2.19. The zero-order valence-electron chi connectivity index (χ0n) is 10.6. The quantitative estimate of drug-likeness (QED) is 0.885. The molecule has 2 nitrogen and oxygen atoms in total. The molecular formula is C14H12BrF3N2. The number of hydrogen-bond acceptors (Lipinski definition) is 2. The van der Waals surface area contributed by atoms with Crippen LogP contribution in [-0.4, -0.2) is 4.98 Å². The van der Waals surface area contributed by atoms with Gasteiger partial charge < -0.3 is 5.73 Å². The molecule has 1 atom stereocenters. The lowest BCUT2D eigenvalue weighted by Crippen LogP contribution is -2.18. The van der Waals surface area contributed by atoms with Gasteiger partial charge in [0.25, 0.3) is 0 Å². The number of benzene rings is 1. The van der Waals surface area contributed by atoms with Crippen molar-refractivity contribution in [3.8, 4) is 0 Å². The SMILES string of the molecule is Cc1ccc(C(N)c2ccc(Br)cc2C(F)(F)F)cn1. The van der Waals surface area contributed by atoms with Crippen molar-refractivity contribution in [3.63, 3.8) is 0 Å². The number of nitrogens with two attached hydrogens (primary N) is 1. The van der Waals surface area contributed by atoms with Crippen LogP contribution in [-0.2, 0) is 6.18 Å². The van der Waals surface area contributed by atoms with Crippen molar-refractivity contribution in [1.29, 1.82) is 0 Å². The summed E-state index contributed by atoms with van der Waals surface area (Å²) in [5.74, 6) is 0. The molecule has 0 fully saturated rings. The summed E-state index contributed by atoms with van der Waals surface area (Å²) < 4.78 is 39.6. The molecule has 0 saturated heterocycles. The second-order valence-electron chi connectivity index (χ2n) is 4.44. The molecule has 1 heterocycles. The van der Waals surface area contributed by atoms with Gasteiger partial charge in [0, 0.05) is 16.4 Å². The highest BCUT2D eigenvalue weighted by molar-refractivity contribution is 9.10. The highest BCUT2D eigenvalue weighted by Crippen LogP contribution is 2.37. The highest BCUT2D eigenvalue weighted by Gasteiger charge is 2.35. The van der Waals surface area contributed by atoms with Gasteiger partial charge in [0.2, 0.25) is 0 Å². The van der Waals surface area contributed by atoms with Gasteiger partial charge in [-0.15, -0.1) is 0 Å². The van der Waals surface area contributed by atoms with Gasteiger partial charge in [0.1, 0.15) is 0 Å². The Morgan fingerprint density at radius 3 is 2.45 bits per heavy atom. The van der Waals surface area contributed by atoms with Crippen LogP contribution in [0.15, 0.2) is 41.0 Å². The van der Waals surface area contributed by atoms with Crippen molar-refractivity contribution in [2.24, 2.45) is 5.73 Å². The van der Waals surface area contributed by atoms with E-state index in [1.807, 2.05) is 0 Å². The molecule has 1 aromatic heterocycles. The summed E-state index contributed by atoms with van der Waals surface area (Å²) in [5.41, 5.74) is 6.59. The number of pyridine rings is 1. The summed E-state index contributed by atoms with van der Waals surface area (Å²) in [4.78, 5) is 4.06. The predicted octanol–water partition coefficient (Wildman–Crippen LogP) is 4.22. The molecule has 20 heavy (non-hydrogen) atoms. The van der Waals surface area contributed by atoms with Crippen molar-refractivity contribution in [2.45, 2.75) is 19.1 Å². The van der Waals surface area contributed by atoms with E-state index in [-0.39, 0.29) is 5.56 Å². The monoisotopic (exact) mass is 344 g/mol. The number of aryl methyl sites for hydroxylation is 1. The third-order valence-electron chi connectivity index (χ3n) is 2.95. The molecule has 106 valence electrons. The minimum absolute atomic E-state index is 0.0337. The van der Waals surface area contributed by atoms with E-state index in [9.17, 15) is 13.2 Å². The van der Waals surface area contributed by atoms with Crippen molar-refractivity contribution in [3.05, 3.63) is 63.4 Å². The molecule has 6 heteroatoms. The number of alkyl halides is 3. The maximum atomic E-state index is 13.1. The first-order chi connectivity index (χ1) is 9.29. The molecule has 0 saturated carbocycles. The summed E-state index contributed by atoms with van der Waals surface area (Å²) in [7, 11) is 0. The van der Waals surface area contributed by atoms with Gasteiger partial charge in [-0.2, -0.15) is 13.2 Å². The Morgan fingerprint density at radius 1 is 1.20 bits per heavy atom. The van der Waals surface area contributed by atoms with Crippen LogP contribution in [0.3, 0.4) is 0 Å². The molecule has 2 rings (SSSR count). The Kier molecular flexibility index (Phi) is 4.15. The van der Waals surface area contributed by atoms with Crippen molar-refractivity contribution in [1.82, 2.24) is 4.98 Å². The van der Waals surface area contributed by atoms with Gasteiger partial charge >= 0.3 is 6.18 Å². The average molecular weight is 345 g/mol. The van der Waals surface area contributed by atoms with E-state index in [2.05, 4.69) is 20.9 Å². The van der Waals surface area contributed by atoms with Crippen LogP contribution in [0.5, 0.6) is 0 Å². The maximum Gasteiger partial charge on any atom is 0.416 e. The summed E-state index contributed by atoms with van der Waals surface area (Å²) >= 11 is 3.05. The van der Waals surface area contributed by atoms with Gasteiger partial charge in [-0.3, -0.25) is 4.98 Å². The molecule has 1 aromatic carbocycles. The Balaban J connectivity index is 2.49. The third kappa shape index (κ3) is 3.19. The average Bonchev–Trinajstić information content (AvgIpc) is 2.38. The van der Waals surface area contributed by atoms with E-state index >= 15 is 0 Å². The molecule has 1 unspecified atom stereocenters. The topological polar surface area (TPSA) is 38.9 Å². The molecule has 0 aliphatic carbocycles. The fourth-order valence-corrected chi connectivity index (χ4v) is 2.25. The van der Waals surface area contributed by atoms with Crippen molar-refractivity contribution < 1.29 is 13.2 Å². The van der Waals surface area contributed by atoms with E-state index in [0.29, 0.717) is 10.0 Å². The van der Waals surface area contributed by atoms with Crippen molar-refractivity contribution >= 4 is 15.9 Å². The fraction of sp³-hybridized carbons (Fsp3) is 0.214. The zero-order chi connectivity index (χ0) is 14.9. The van der Waals surface area contributed by atoms with Crippen LogP contribution in [0.1, 0.15) is 28.4 Å². The molecule has 0 bridgehead atoms.